The smallest absolute Gasteiger partial charge is 0.222 e. The lowest BCUT2D eigenvalue weighted by atomic mass is 10.1. The second kappa shape index (κ2) is 5.51. The molecule has 1 saturated carbocycles. The Bertz CT molecular complexity index is 763. The summed E-state index contributed by atoms with van der Waals surface area (Å²) in [6, 6.07) is 9.62. The molecule has 0 unspecified atom stereocenters. The molecule has 6 heteroatoms. The summed E-state index contributed by atoms with van der Waals surface area (Å²) in [5.41, 5.74) is 2.36. The summed E-state index contributed by atoms with van der Waals surface area (Å²) in [6.07, 6.45) is 5.04. The molecule has 1 saturated heterocycles. The first-order chi connectivity index (χ1) is 11.2. The van der Waals surface area contributed by atoms with Crippen LogP contribution in [0.5, 0.6) is 0 Å². The van der Waals surface area contributed by atoms with Crippen LogP contribution in [-0.2, 0) is 4.79 Å². The maximum Gasteiger partial charge on any atom is 0.222 e. The Labute approximate surface area is 134 Å². The fraction of sp³-hybridized carbons (Fsp3) is 0.412. The standard InChI is InChI=1S/C17H17N5O/c18-8-13-3-5-14(6-4-13)16-11-22(20-19-16)15-9-21(10-15)17(23)7-12-1-2-12/h3-6,11-12,15H,1-2,7,9-10H2. The predicted molar refractivity (Wildman–Crippen MR) is 83.1 cm³/mol. The zero-order chi connectivity index (χ0) is 15.8. The topological polar surface area (TPSA) is 74.8 Å². The molecule has 6 nitrogen and oxygen atoms in total. The molecule has 2 heterocycles. The summed E-state index contributed by atoms with van der Waals surface area (Å²) in [4.78, 5) is 13.9. The van der Waals surface area contributed by atoms with Crippen LogP contribution < -0.4 is 0 Å². The van der Waals surface area contributed by atoms with Gasteiger partial charge >= 0.3 is 0 Å². The Morgan fingerprint density at radius 1 is 1.26 bits per heavy atom. The summed E-state index contributed by atoms with van der Waals surface area (Å²) in [5.74, 6) is 0.909. The highest BCUT2D eigenvalue weighted by atomic mass is 16.2. The first-order valence-electron chi connectivity index (χ1n) is 7.93. The van der Waals surface area contributed by atoms with E-state index in [1.807, 2.05) is 27.9 Å². The highest BCUT2D eigenvalue weighted by Crippen LogP contribution is 2.34. The minimum Gasteiger partial charge on any atom is -0.338 e. The molecule has 1 amide bonds. The van der Waals surface area contributed by atoms with Gasteiger partial charge in [-0.3, -0.25) is 4.79 Å². The molecule has 1 aromatic carbocycles. The second-order valence-electron chi connectivity index (χ2n) is 6.37. The van der Waals surface area contributed by atoms with Crippen LogP contribution in [-0.4, -0.2) is 38.9 Å². The number of hydrogen-bond donors (Lipinski definition) is 0. The van der Waals surface area contributed by atoms with Crippen molar-refractivity contribution in [1.29, 1.82) is 5.26 Å². The van der Waals surface area contributed by atoms with Gasteiger partial charge < -0.3 is 4.90 Å². The molecule has 116 valence electrons. The maximum absolute atomic E-state index is 12.0. The van der Waals surface area contributed by atoms with Gasteiger partial charge in [0.05, 0.1) is 23.9 Å². The van der Waals surface area contributed by atoms with Crippen LogP contribution in [0.2, 0.25) is 0 Å². The normalized spacial score (nSPS) is 17.6. The van der Waals surface area contributed by atoms with Crippen molar-refractivity contribution in [3.63, 3.8) is 0 Å². The number of amides is 1. The average Bonchev–Trinajstić information content (AvgIpc) is 3.20. The lowest BCUT2D eigenvalue weighted by Gasteiger charge is -2.39. The molecular weight excluding hydrogens is 290 g/mol. The molecule has 0 spiro atoms. The number of benzene rings is 1. The fourth-order valence-electron chi connectivity index (χ4n) is 2.83. The molecule has 2 aliphatic rings. The highest BCUT2D eigenvalue weighted by molar-refractivity contribution is 5.77. The van der Waals surface area contributed by atoms with Crippen molar-refractivity contribution >= 4 is 5.91 Å². The molecule has 2 fully saturated rings. The van der Waals surface area contributed by atoms with E-state index in [1.54, 1.807) is 12.1 Å². The van der Waals surface area contributed by atoms with Crippen LogP contribution in [0.3, 0.4) is 0 Å². The van der Waals surface area contributed by atoms with E-state index in [9.17, 15) is 4.79 Å². The third-order valence-corrected chi connectivity index (χ3v) is 4.57. The van der Waals surface area contributed by atoms with E-state index in [0.29, 0.717) is 17.9 Å². The molecule has 0 bridgehead atoms. The van der Waals surface area contributed by atoms with Crippen molar-refractivity contribution in [2.24, 2.45) is 5.92 Å². The van der Waals surface area contributed by atoms with Gasteiger partial charge in [0.1, 0.15) is 5.69 Å². The van der Waals surface area contributed by atoms with Crippen LogP contribution in [0.25, 0.3) is 11.3 Å². The summed E-state index contributed by atoms with van der Waals surface area (Å²) in [6.45, 7) is 1.45. The van der Waals surface area contributed by atoms with Crippen LogP contribution in [0.4, 0.5) is 0 Å². The zero-order valence-corrected chi connectivity index (χ0v) is 12.7. The molecule has 1 aliphatic carbocycles. The average molecular weight is 307 g/mol. The van der Waals surface area contributed by atoms with E-state index in [0.717, 1.165) is 24.3 Å². The molecule has 4 rings (SSSR count). The quantitative estimate of drug-likeness (QED) is 0.866. The lowest BCUT2D eigenvalue weighted by Crippen LogP contribution is -2.51. The van der Waals surface area contributed by atoms with E-state index in [1.165, 1.54) is 12.8 Å². The van der Waals surface area contributed by atoms with Gasteiger partial charge in [-0.25, -0.2) is 4.68 Å². The predicted octanol–water partition coefficient (Wildman–Crippen LogP) is 2.00. The zero-order valence-electron chi connectivity index (χ0n) is 12.7. The first kappa shape index (κ1) is 13.9. The number of nitrogens with zero attached hydrogens (tertiary/aromatic N) is 5. The largest absolute Gasteiger partial charge is 0.338 e. The van der Waals surface area contributed by atoms with Crippen molar-refractivity contribution in [3.05, 3.63) is 36.0 Å². The Hall–Kier alpha value is -2.68. The number of rotatable bonds is 4. The lowest BCUT2D eigenvalue weighted by molar-refractivity contribution is -0.137. The summed E-state index contributed by atoms with van der Waals surface area (Å²) in [7, 11) is 0. The third-order valence-electron chi connectivity index (χ3n) is 4.57. The molecular formula is C17H17N5O. The monoisotopic (exact) mass is 307 g/mol. The Balaban J connectivity index is 1.38. The first-order valence-corrected chi connectivity index (χ1v) is 7.93. The third kappa shape index (κ3) is 2.82. The molecule has 2 aromatic rings. The molecule has 0 atom stereocenters. The minimum absolute atomic E-state index is 0.220. The second-order valence-corrected chi connectivity index (χ2v) is 6.37. The molecule has 1 aromatic heterocycles. The minimum atomic E-state index is 0.220. The van der Waals surface area contributed by atoms with Gasteiger partial charge in [-0.15, -0.1) is 5.10 Å². The van der Waals surface area contributed by atoms with E-state index >= 15 is 0 Å². The number of hydrogen-bond acceptors (Lipinski definition) is 4. The molecule has 23 heavy (non-hydrogen) atoms. The van der Waals surface area contributed by atoms with Crippen molar-refractivity contribution in [3.8, 4) is 17.3 Å². The van der Waals surface area contributed by atoms with Crippen molar-refractivity contribution in [2.45, 2.75) is 25.3 Å². The fourth-order valence-corrected chi connectivity index (χ4v) is 2.83. The number of carbonyl (C=O) groups excluding carboxylic acids is 1. The summed E-state index contributed by atoms with van der Waals surface area (Å²) < 4.78 is 1.84. The Morgan fingerprint density at radius 2 is 2.00 bits per heavy atom. The van der Waals surface area contributed by atoms with Gasteiger partial charge in [0.2, 0.25) is 5.91 Å². The van der Waals surface area contributed by atoms with Crippen molar-refractivity contribution in [1.82, 2.24) is 19.9 Å². The maximum atomic E-state index is 12.0. The Kier molecular flexibility index (Phi) is 3.34. The molecule has 0 N–H and O–H groups in total. The summed E-state index contributed by atoms with van der Waals surface area (Å²) >= 11 is 0. The number of nitriles is 1. The van der Waals surface area contributed by atoms with E-state index < -0.39 is 0 Å². The Morgan fingerprint density at radius 3 is 2.65 bits per heavy atom. The van der Waals surface area contributed by atoms with Crippen LogP contribution in [0.1, 0.15) is 30.9 Å². The van der Waals surface area contributed by atoms with Gasteiger partial charge in [0.15, 0.2) is 0 Å². The van der Waals surface area contributed by atoms with Crippen LogP contribution >= 0.6 is 0 Å². The molecule has 0 radical (unpaired) electrons. The van der Waals surface area contributed by atoms with Crippen LogP contribution in [0, 0.1) is 17.2 Å². The SMILES string of the molecule is N#Cc1ccc(-c2cn(C3CN(C(=O)CC4CC4)C3)nn2)cc1. The molecule has 1 aliphatic heterocycles. The number of likely N-dealkylation sites (tertiary alicyclic amines) is 1. The van der Waals surface area contributed by atoms with E-state index in [2.05, 4.69) is 16.4 Å². The van der Waals surface area contributed by atoms with E-state index in [-0.39, 0.29) is 11.9 Å². The number of aromatic nitrogens is 3. The van der Waals surface area contributed by atoms with Gasteiger partial charge in [-0.2, -0.15) is 5.26 Å². The van der Waals surface area contributed by atoms with Crippen LogP contribution in [0.15, 0.2) is 30.5 Å². The summed E-state index contributed by atoms with van der Waals surface area (Å²) in [5, 5.41) is 17.2. The van der Waals surface area contributed by atoms with Crippen molar-refractivity contribution < 1.29 is 4.79 Å². The van der Waals surface area contributed by atoms with E-state index in [4.69, 9.17) is 5.26 Å². The highest BCUT2D eigenvalue weighted by Gasteiger charge is 2.35. The van der Waals surface area contributed by atoms with Crippen molar-refractivity contribution in [2.75, 3.05) is 13.1 Å². The van der Waals surface area contributed by atoms with Gasteiger partial charge in [0, 0.05) is 25.1 Å². The number of carbonyl (C=O) groups is 1. The van der Waals surface area contributed by atoms with Gasteiger partial charge in [-0.1, -0.05) is 17.3 Å². The van der Waals surface area contributed by atoms with Gasteiger partial charge in [0.25, 0.3) is 0 Å². The van der Waals surface area contributed by atoms with Gasteiger partial charge in [-0.05, 0) is 30.9 Å².